The third kappa shape index (κ3) is 3.03. The van der Waals surface area contributed by atoms with Gasteiger partial charge >= 0.3 is 0 Å². The van der Waals surface area contributed by atoms with Gasteiger partial charge in [0.2, 0.25) is 0 Å². The van der Waals surface area contributed by atoms with E-state index in [4.69, 9.17) is 0 Å². The fraction of sp³-hybridized carbons (Fsp3) is 0.750. The molecular formula is C12H20N2OS. The van der Waals surface area contributed by atoms with Crippen molar-refractivity contribution in [3.63, 3.8) is 0 Å². The Hall–Kier alpha value is -0.450. The first kappa shape index (κ1) is 12.0. The SMILES string of the molecule is Cc1nc(CN2CCC(C(C)O)CC2)cs1. The zero-order chi connectivity index (χ0) is 11.5. The molecule has 1 atom stereocenters. The molecule has 0 saturated carbocycles. The molecule has 1 fully saturated rings. The van der Waals surface area contributed by atoms with Crippen molar-refractivity contribution in [2.24, 2.45) is 5.92 Å². The summed E-state index contributed by atoms with van der Waals surface area (Å²) in [6.07, 6.45) is 2.07. The van der Waals surface area contributed by atoms with Gasteiger partial charge < -0.3 is 5.11 Å². The molecular weight excluding hydrogens is 220 g/mol. The third-order valence-electron chi connectivity index (χ3n) is 3.37. The lowest BCUT2D eigenvalue weighted by Crippen LogP contribution is -2.36. The zero-order valence-corrected chi connectivity index (χ0v) is 10.8. The lowest BCUT2D eigenvalue weighted by atomic mass is 9.92. The van der Waals surface area contributed by atoms with Crippen LogP contribution in [0.15, 0.2) is 5.38 Å². The van der Waals surface area contributed by atoms with E-state index in [2.05, 4.69) is 15.3 Å². The number of aryl methyl sites for hydroxylation is 1. The van der Waals surface area contributed by atoms with E-state index >= 15 is 0 Å². The Morgan fingerprint density at radius 3 is 2.75 bits per heavy atom. The van der Waals surface area contributed by atoms with Crippen LogP contribution in [0.1, 0.15) is 30.5 Å². The van der Waals surface area contributed by atoms with Crippen LogP contribution in [0.25, 0.3) is 0 Å². The fourth-order valence-electron chi connectivity index (χ4n) is 2.30. The third-order valence-corrected chi connectivity index (χ3v) is 4.19. The number of aromatic nitrogens is 1. The van der Waals surface area contributed by atoms with Gasteiger partial charge in [-0.3, -0.25) is 4.90 Å². The van der Waals surface area contributed by atoms with Crippen molar-refractivity contribution in [3.05, 3.63) is 16.1 Å². The second-order valence-corrected chi connectivity index (χ2v) is 5.77. The molecule has 0 spiro atoms. The molecule has 0 radical (unpaired) electrons. The number of rotatable bonds is 3. The van der Waals surface area contributed by atoms with Crippen molar-refractivity contribution in [2.45, 2.75) is 39.3 Å². The smallest absolute Gasteiger partial charge is 0.0897 e. The molecule has 4 heteroatoms. The van der Waals surface area contributed by atoms with E-state index in [9.17, 15) is 5.11 Å². The Balaban J connectivity index is 1.81. The van der Waals surface area contributed by atoms with Gasteiger partial charge in [-0.25, -0.2) is 4.98 Å². The van der Waals surface area contributed by atoms with Crippen molar-refractivity contribution < 1.29 is 5.11 Å². The lowest BCUT2D eigenvalue weighted by Gasteiger charge is -2.32. The average Bonchev–Trinajstić information content (AvgIpc) is 2.65. The number of aliphatic hydroxyl groups is 1. The van der Waals surface area contributed by atoms with Gasteiger partial charge in [0.1, 0.15) is 0 Å². The number of hydrogen-bond acceptors (Lipinski definition) is 4. The summed E-state index contributed by atoms with van der Waals surface area (Å²) in [5.74, 6) is 0.494. The molecule has 1 saturated heterocycles. The second-order valence-electron chi connectivity index (χ2n) is 4.71. The molecule has 1 aliphatic heterocycles. The molecule has 0 aliphatic carbocycles. The van der Waals surface area contributed by atoms with E-state index in [0.717, 1.165) is 37.5 Å². The highest BCUT2D eigenvalue weighted by atomic mass is 32.1. The van der Waals surface area contributed by atoms with Gasteiger partial charge in [-0.15, -0.1) is 11.3 Å². The van der Waals surface area contributed by atoms with E-state index in [1.807, 2.05) is 13.8 Å². The van der Waals surface area contributed by atoms with Crippen LogP contribution in [0.5, 0.6) is 0 Å². The van der Waals surface area contributed by atoms with Crippen LogP contribution in [-0.4, -0.2) is 34.2 Å². The molecule has 2 heterocycles. The molecule has 0 bridgehead atoms. The monoisotopic (exact) mass is 240 g/mol. The first-order valence-electron chi connectivity index (χ1n) is 5.96. The zero-order valence-electron chi connectivity index (χ0n) is 10.0. The molecule has 16 heavy (non-hydrogen) atoms. The molecule has 1 aromatic heterocycles. The van der Waals surface area contributed by atoms with Gasteiger partial charge in [0.15, 0.2) is 0 Å². The fourth-order valence-corrected chi connectivity index (χ4v) is 2.91. The number of nitrogens with zero attached hydrogens (tertiary/aromatic N) is 2. The molecule has 1 aliphatic rings. The summed E-state index contributed by atoms with van der Waals surface area (Å²) < 4.78 is 0. The summed E-state index contributed by atoms with van der Waals surface area (Å²) in [7, 11) is 0. The highest BCUT2D eigenvalue weighted by molar-refractivity contribution is 7.09. The molecule has 90 valence electrons. The molecule has 3 nitrogen and oxygen atoms in total. The van der Waals surface area contributed by atoms with Gasteiger partial charge in [0.05, 0.1) is 16.8 Å². The molecule has 2 rings (SSSR count). The summed E-state index contributed by atoms with van der Waals surface area (Å²) in [6, 6.07) is 0. The first-order chi connectivity index (χ1) is 7.65. The van der Waals surface area contributed by atoms with Crippen molar-refractivity contribution in [1.82, 2.24) is 9.88 Å². The topological polar surface area (TPSA) is 36.4 Å². The van der Waals surface area contributed by atoms with E-state index < -0.39 is 0 Å². The second kappa shape index (κ2) is 5.25. The van der Waals surface area contributed by atoms with Crippen molar-refractivity contribution >= 4 is 11.3 Å². The summed E-state index contributed by atoms with van der Waals surface area (Å²) >= 11 is 1.72. The standard InChI is InChI=1S/C12H20N2OS/c1-9(15)11-3-5-14(6-4-11)7-12-8-16-10(2)13-12/h8-9,11,15H,3-7H2,1-2H3. The Labute approximate surface area is 101 Å². The number of thiazole rings is 1. The van der Waals surface area contributed by atoms with E-state index in [-0.39, 0.29) is 6.10 Å². The maximum atomic E-state index is 9.53. The number of hydrogen-bond donors (Lipinski definition) is 1. The minimum absolute atomic E-state index is 0.149. The van der Waals surface area contributed by atoms with Crippen LogP contribution in [0, 0.1) is 12.8 Å². The Kier molecular flexibility index (Phi) is 3.95. The predicted molar refractivity (Wildman–Crippen MR) is 66.5 cm³/mol. The first-order valence-corrected chi connectivity index (χ1v) is 6.84. The van der Waals surface area contributed by atoms with Crippen LogP contribution < -0.4 is 0 Å². The summed E-state index contributed by atoms with van der Waals surface area (Å²) in [5.41, 5.74) is 1.19. The minimum atomic E-state index is -0.149. The number of aliphatic hydroxyl groups excluding tert-OH is 1. The van der Waals surface area contributed by atoms with E-state index in [1.165, 1.54) is 5.69 Å². The normalized spacial score (nSPS) is 21.2. The number of piperidine rings is 1. The average molecular weight is 240 g/mol. The summed E-state index contributed by atoms with van der Waals surface area (Å²) in [5, 5.41) is 12.8. The van der Waals surface area contributed by atoms with Crippen LogP contribution in [0.4, 0.5) is 0 Å². The van der Waals surface area contributed by atoms with E-state index in [1.54, 1.807) is 11.3 Å². The lowest BCUT2D eigenvalue weighted by molar-refractivity contribution is 0.0692. The van der Waals surface area contributed by atoms with E-state index in [0.29, 0.717) is 5.92 Å². The quantitative estimate of drug-likeness (QED) is 0.878. The number of likely N-dealkylation sites (tertiary alicyclic amines) is 1. The maximum Gasteiger partial charge on any atom is 0.0897 e. The Morgan fingerprint density at radius 2 is 2.25 bits per heavy atom. The van der Waals surface area contributed by atoms with Crippen LogP contribution in [0.2, 0.25) is 0 Å². The minimum Gasteiger partial charge on any atom is -0.393 e. The summed E-state index contributed by atoms with van der Waals surface area (Å²) in [4.78, 5) is 6.92. The van der Waals surface area contributed by atoms with Crippen molar-refractivity contribution in [2.75, 3.05) is 13.1 Å². The molecule has 1 N–H and O–H groups in total. The van der Waals surface area contributed by atoms with Gasteiger partial charge in [0, 0.05) is 11.9 Å². The van der Waals surface area contributed by atoms with Crippen LogP contribution in [-0.2, 0) is 6.54 Å². The molecule has 1 aromatic rings. The molecule has 0 amide bonds. The predicted octanol–water partition coefficient (Wildman–Crippen LogP) is 2.04. The Morgan fingerprint density at radius 1 is 1.56 bits per heavy atom. The van der Waals surface area contributed by atoms with Gasteiger partial charge in [-0.1, -0.05) is 0 Å². The van der Waals surface area contributed by atoms with Crippen molar-refractivity contribution in [3.8, 4) is 0 Å². The molecule has 1 unspecified atom stereocenters. The van der Waals surface area contributed by atoms with Gasteiger partial charge in [-0.2, -0.15) is 0 Å². The van der Waals surface area contributed by atoms with Crippen LogP contribution in [0.3, 0.4) is 0 Å². The highest BCUT2D eigenvalue weighted by Crippen LogP contribution is 2.22. The summed E-state index contributed by atoms with van der Waals surface area (Å²) in [6.45, 7) is 7.10. The van der Waals surface area contributed by atoms with Gasteiger partial charge in [-0.05, 0) is 45.7 Å². The Bertz CT molecular complexity index is 330. The highest BCUT2D eigenvalue weighted by Gasteiger charge is 2.22. The molecule has 0 aromatic carbocycles. The van der Waals surface area contributed by atoms with Crippen LogP contribution >= 0.6 is 11.3 Å². The maximum absolute atomic E-state index is 9.53. The van der Waals surface area contributed by atoms with Gasteiger partial charge in [0.25, 0.3) is 0 Å². The largest absolute Gasteiger partial charge is 0.393 e. The van der Waals surface area contributed by atoms with Crippen molar-refractivity contribution in [1.29, 1.82) is 0 Å².